The van der Waals surface area contributed by atoms with Gasteiger partial charge >= 0.3 is 5.97 Å². The van der Waals surface area contributed by atoms with E-state index < -0.39 is 11.5 Å². The molecule has 0 aliphatic heterocycles. The first kappa shape index (κ1) is 14.3. The number of hydrogen-bond acceptors (Lipinski definition) is 4. The number of rotatable bonds is 5. The number of nitrogens with one attached hydrogen (secondary N) is 1. The first-order valence-corrected chi connectivity index (χ1v) is 6.16. The summed E-state index contributed by atoms with van der Waals surface area (Å²) < 4.78 is 4.68. The number of hydrogen-bond donors (Lipinski definition) is 1. The summed E-state index contributed by atoms with van der Waals surface area (Å²) in [5, 5.41) is 2.71. The average Bonchev–Trinajstić information content (AvgIpc) is 2.16. The van der Waals surface area contributed by atoms with Gasteiger partial charge in [0.1, 0.15) is 5.54 Å². The molecule has 0 heterocycles. The second-order valence-corrected chi connectivity index (χ2v) is 4.77. The molecule has 1 amide bonds. The smallest absolute Gasteiger partial charge is 0.332 e. The molecule has 15 heavy (non-hydrogen) atoms. The number of thioether (sulfide) groups is 1. The molecule has 0 aliphatic rings. The van der Waals surface area contributed by atoms with E-state index in [0.717, 1.165) is 0 Å². The monoisotopic (exact) mass is 233 g/mol. The van der Waals surface area contributed by atoms with E-state index in [1.807, 2.05) is 6.26 Å². The molecule has 0 fully saturated rings. The number of methoxy groups -OCH3 is 1. The van der Waals surface area contributed by atoms with Crippen LogP contribution < -0.4 is 5.32 Å². The molecule has 0 rings (SSSR count). The van der Waals surface area contributed by atoms with Crippen molar-refractivity contribution in [3.05, 3.63) is 0 Å². The standard InChI is InChI=1S/C10H19NO3S/c1-7(2)8(12)11-10(3,6-15-5)9(13)14-4/h7H,6H2,1-5H3,(H,11,12)/t10-/m0/s1. The maximum absolute atomic E-state index is 11.5. The maximum atomic E-state index is 11.5. The molecule has 1 atom stereocenters. The summed E-state index contributed by atoms with van der Waals surface area (Å²) in [5.74, 6) is -0.198. The molecule has 0 aliphatic carbocycles. The first-order valence-electron chi connectivity index (χ1n) is 4.76. The van der Waals surface area contributed by atoms with Crippen molar-refractivity contribution in [2.75, 3.05) is 19.1 Å². The lowest BCUT2D eigenvalue weighted by molar-refractivity contribution is -0.149. The van der Waals surface area contributed by atoms with Gasteiger partial charge in [-0.1, -0.05) is 13.8 Å². The van der Waals surface area contributed by atoms with Gasteiger partial charge in [-0.25, -0.2) is 4.79 Å². The highest BCUT2D eigenvalue weighted by Crippen LogP contribution is 2.13. The van der Waals surface area contributed by atoms with E-state index >= 15 is 0 Å². The molecular formula is C10H19NO3S. The molecule has 0 radical (unpaired) electrons. The van der Waals surface area contributed by atoms with E-state index in [0.29, 0.717) is 5.75 Å². The number of carbonyl (C=O) groups excluding carboxylic acids is 2. The van der Waals surface area contributed by atoms with Gasteiger partial charge in [0, 0.05) is 11.7 Å². The number of esters is 1. The molecule has 0 aromatic heterocycles. The van der Waals surface area contributed by atoms with Gasteiger partial charge in [0.2, 0.25) is 5.91 Å². The maximum Gasteiger partial charge on any atom is 0.332 e. The Morgan fingerprint density at radius 2 is 2.00 bits per heavy atom. The van der Waals surface area contributed by atoms with E-state index in [-0.39, 0.29) is 11.8 Å². The van der Waals surface area contributed by atoms with Crippen molar-refractivity contribution in [3.8, 4) is 0 Å². The van der Waals surface area contributed by atoms with Gasteiger partial charge in [-0.05, 0) is 13.2 Å². The number of carbonyl (C=O) groups is 2. The van der Waals surface area contributed by atoms with Crippen LogP contribution in [0.3, 0.4) is 0 Å². The highest BCUT2D eigenvalue weighted by atomic mass is 32.2. The Kier molecular flexibility index (Phi) is 5.72. The molecule has 0 aromatic rings. The van der Waals surface area contributed by atoms with Gasteiger partial charge in [0.25, 0.3) is 0 Å². The van der Waals surface area contributed by atoms with Gasteiger partial charge < -0.3 is 10.1 Å². The van der Waals surface area contributed by atoms with Crippen LogP contribution in [0.25, 0.3) is 0 Å². The second-order valence-electron chi connectivity index (χ2n) is 3.90. The zero-order valence-electron chi connectivity index (χ0n) is 9.92. The summed E-state index contributed by atoms with van der Waals surface area (Å²) in [6.07, 6.45) is 1.88. The fourth-order valence-electron chi connectivity index (χ4n) is 1.08. The lowest BCUT2D eigenvalue weighted by Gasteiger charge is -2.27. The van der Waals surface area contributed by atoms with E-state index in [1.54, 1.807) is 20.8 Å². The summed E-state index contributed by atoms with van der Waals surface area (Å²) in [5.41, 5.74) is -0.935. The quantitative estimate of drug-likeness (QED) is 0.721. The summed E-state index contributed by atoms with van der Waals surface area (Å²) >= 11 is 1.49. The van der Waals surface area contributed by atoms with Crippen molar-refractivity contribution in [1.29, 1.82) is 0 Å². The average molecular weight is 233 g/mol. The third kappa shape index (κ3) is 4.11. The number of amides is 1. The van der Waals surface area contributed by atoms with Crippen molar-refractivity contribution in [2.45, 2.75) is 26.3 Å². The predicted molar refractivity (Wildman–Crippen MR) is 61.8 cm³/mol. The Labute approximate surface area is 95.1 Å². The Balaban J connectivity index is 4.65. The molecular weight excluding hydrogens is 214 g/mol. The van der Waals surface area contributed by atoms with Crippen molar-refractivity contribution in [1.82, 2.24) is 5.32 Å². The minimum Gasteiger partial charge on any atom is -0.467 e. The summed E-state index contributed by atoms with van der Waals surface area (Å²) in [7, 11) is 1.32. The number of ether oxygens (including phenoxy) is 1. The lowest BCUT2D eigenvalue weighted by Crippen LogP contribution is -2.55. The normalized spacial score (nSPS) is 14.5. The fraction of sp³-hybridized carbons (Fsp3) is 0.800. The van der Waals surface area contributed by atoms with Crippen LogP contribution in [0.2, 0.25) is 0 Å². The van der Waals surface area contributed by atoms with Gasteiger partial charge in [0.05, 0.1) is 7.11 Å². The van der Waals surface area contributed by atoms with Crippen LogP contribution in [0.1, 0.15) is 20.8 Å². The van der Waals surface area contributed by atoms with Crippen LogP contribution in [-0.4, -0.2) is 36.5 Å². The highest BCUT2D eigenvalue weighted by Gasteiger charge is 2.35. The lowest BCUT2D eigenvalue weighted by atomic mass is 10.0. The molecule has 5 heteroatoms. The summed E-state index contributed by atoms with van der Waals surface area (Å²) in [4.78, 5) is 23.1. The molecule has 88 valence electrons. The van der Waals surface area contributed by atoms with Crippen LogP contribution in [0.4, 0.5) is 0 Å². The fourth-order valence-corrected chi connectivity index (χ4v) is 1.84. The first-order chi connectivity index (χ1) is 6.87. The van der Waals surface area contributed by atoms with Crippen LogP contribution in [0.5, 0.6) is 0 Å². The van der Waals surface area contributed by atoms with Crippen LogP contribution >= 0.6 is 11.8 Å². The van der Waals surface area contributed by atoms with E-state index in [2.05, 4.69) is 10.1 Å². The van der Waals surface area contributed by atoms with Crippen molar-refractivity contribution in [2.24, 2.45) is 5.92 Å². The minimum atomic E-state index is -0.935. The molecule has 0 aromatic carbocycles. The molecule has 0 bridgehead atoms. The SMILES string of the molecule is COC(=O)[C@](C)(CSC)NC(=O)C(C)C. The van der Waals surface area contributed by atoms with Crippen LogP contribution in [0.15, 0.2) is 0 Å². The molecule has 0 unspecified atom stereocenters. The molecule has 1 N–H and O–H groups in total. The Morgan fingerprint density at radius 3 is 2.33 bits per heavy atom. The topological polar surface area (TPSA) is 55.4 Å². The van der Waals surface area contributed by atoms with Crippen LogP contribution in [-0.2, 0) is 14.3 Å². The Bertz CT molecular complexity index is 243. The predicted octanol–water partition coefficient (Wildman–Crippen LogP) is 1.05. The van der Waals surface area contributed by atoms with Crippen molar-refractivity contribution >= 4 is 23.6 Å². The van der Waals surface area contributed by atoms with Gasteiger partial charge in [0.15, 0.2) is 0 Å². The molecule has 0 saturated heterocycles. The van der Waals surface area contributed by atoms with Crippen molar-refractivity contribution in [3.63, 3.8) is 0 Å². The van der Waals surface area contributed by atoms with E-state index in [1.165, 1.54) is 18.9 Å². The Morgan fingerprint density at radius 1 is 1.47 bits per heavy atom. The largest absolute Gasteiger partial charge is 0.467 e. The van der Waals surface area contributed by atoms with E-state index in [9.17, 15) is 9.59 Å². The van der Waals surface area contributed by atoms with Gasteiger partial charge in [-0.3, -0.25) is 4.79 Å². The summed E-state index contributed by atoms with van der Waals surface area (Å²) in [6, 6.07) is 0. The molecule has 0 saturated carbocycles. The van der Waals surface area contributed by atoms with E-state index in [4.69, 9.17) is 0 Å². The molecule has 4 nitrogen and oxygen atoms in total. The second kappa shape index (κ2) is 6.00. The third-order valence-electron chi connectivity index (χ3n) is 1.99. The highest BCUT2D eigenvalue weighted by molar-refractivity contribution is 7.98. The zero-order valence-corrected chi connectivity index (χ0v) is 10.7. The van der Waals surface area contributed by atoms with Gasteiger partial charge in [-0.2, -0.15) is 11.8 Å². The third-order valence-corrected chi connectivity index (χ3v) is 2.86. The zero-order chi connectivity index (χ0) is 12.1. The van der Waals surface area contributed by atoms with Gasteiger partial charge in [-0.15, -0.1) is 0 Å². The molecule has 0 spiro atoms. The Hall–Kier alpha value is -0.710. The van der Waals surface area contributed by atoms with Crippen LogP contribution in [0, 0.1) is 5.92 Å². The minimum absolute atomic E-state index is 0.142. The van der Waals surface area contributed by atoms with Crippen molar-refractivity contribution < 1.29 is 14.3 Å². The summed E-state index contributed by atoms with van der Waals surface area (Å²) in [6.45, 7) is 5.24.